The Morgan fingerprint density at radius 3 is 2.58 bits per heavy atom. The van der Waals surface area contributed by atoms with Gasteiger partial charge < -0.3 is 24.8 Å². The Hall–Kier alpha value is -3.36. The van der Waals surface area contributed by atoms with E-state index < -0.39 is 17.0 Å². The van der Waals surface area contributed by atoms with Crippen molar-refractivity contribution in [1.29, 1.82) is 0 Å². The van der Waals surface area contributed by atoms with Gasteiger partial charge in [0.25, 0.3) is 11.8 Å². The number of aromatic nitrogens is 2. The molecule has 2 heterocycles. The van der Waals surface area contributed by atoms with Gasteiger partial charge in [-0.05, 0) is 46.6 Å². The first-order chi connectivity index (χ1) is 15.5. The number of carbonyl (C=O) groups excluding carboxylic acids is 3. The predicted octanol–water partition coefficient (Wildman–Crippen LogP) is 2.11. The number of nitrogens with one attached hydrogen (secondary N) is 2. The number of fused-ring (bicyclic) bond motifs is 1. The number of hydrogen-bond acceptors (Lipinski definition) is 5. The quantitative estimate of drug-likeness (QED) is 0.697. The summed E-state index contributed by atoms with van der Waals surface area (Å²) in [5.74, 6) is -0.304. The number of rotatable bonds is 6. The molecule has 0 spiro atoms. The number of carbonyl (C=O) groups is 3. The molecule has 33 heavy (non-hydrogen) atoms. The molecule has 2 aromatic rings. The molecule has 1 atom stereocenters. The lowest BCUT2D eigenvalue weighted by Gasteiger charge is -2.44. The average Bonchev–Trinajstić information content (AvgIpc) is 3.48. The Bertz CT molecular complexity index is 1100. The molecule has 1 fully saturated rings. The van der Waals surface area contributed by atoms with Crippen LogP contribution >= 0.6 is 0 Å². The summed E-state index contributed by atoms with van der Waals surface area (Å²) in [6.07, 6.45) is 3.14. The smallest absolute Gasteiger partial charge is 0.274 e. The second-order valence-corrected chi connectivity index (χ2v) is 9.95. The van der Waals surface area contributed by atoms with Crippen LogP contribution in [0.5, 0.6) is 5.75 Å². The first kappa shape index (κ1) is 22.8. The van der Waals surface area contributed by atoms with E-state index in [1.165, 1.54) is 6.33 Å². The maximum absolute atomic E-state index is 13.6. The molecule has 0 radical (unpaired) electrons. The van der Waals surface area contributed by atoms with E-state index in [2.05, 4.69) is 15.6 Å². The van der Waals surface area contributed by atoms with E-state index in [9.17, 15) is 14.4 Å². The van der Waals surface area contributed by atoms with Crippen LogP contribution in [0.4, 0.5) is 0 Å². The molecule has 9 nitrogen and oxygen atoms in total. The van der Waals surface area contributed by atoms with Crippen LogP contribution in [0.3, 0.4) is 0 Å². The van der Waals surface area contributed by atoms with Crippen molar-refractivity contribution < 1.29 is 19.1 Å². The van der Waals surface area contributed by atoms with Crippen molar-refractivity contribution in [1.82, 2.24) is 25.1 Å². The van der Waals surface area contributed by atoms with Gasteiger partial charge in [0.15, 0.2) is 5.69 Å². The van der Waals surface area contributed by atoms with E-state index >= 15 is 0 Å². The molecule has 2 aliphatic rings. The number of hydrogen-bond donors (Lipinski definition) is 2. The highest BCUT2D eigenvalue weighted by molar-refractivity contribution is 6.07. The Morgan fingerprint density at radius 1 is 1.24 bits per heavy atom. The number of amides is 3. The van der Waals surface area contributed by atoms with Gasteiger partial charge in [-0.2, -0.15) is 0 Å². The minimum absolute atomic E-state index is 0.0262. The molecule has 1 aromatic heterocycles. The van der Waals surface area contributed by atoms with Gasteiger partial charge in [-0.1, -0.05) is 18.2 Å². The number of para-hydroxylation sites is 1. The van der Waals surface area contributed by atoms with E-state index in [1.54, 1.807) is 23.5 Å². The zero-order chi connectivity index (χ0) is 24.0. The first-order valence-electron chi connectivity index (χ1n) is 11.2. The fourth-order valence-corrected chi connectivity index (χ4v) is 4.34. The largest absolute Gasteiger partial charge is 0.496 e. The highest BCUT2D eigenvalue weighted by Crippen LogP contribution is 2.39. The van der Waals surface area contributed by atoms with Gasteiger partial charge in [0.2, 0.25) is 5.91 Å². The highest BCUT2D eigenvalue weighted by atomic mass is 16.5. The number of nitrogens with zero attached hydrogens (tertiary/aromatic N) is 3. The van der Waals surface area contributed by atoms with Crippen molar-refractivity contribution in [2.45, 2.75) is 70.7 Å². The minimum atomic E-state index is -1.11. The second kappa shape index (κ2) is 8.20. The van der Waals surface area contributed by atoms with Crippen LogP contribution in [-0.4, -0.2) is 56.4 Å². The van der Waals surface area contributed by atoms with E-state index in [-0.39, 0.29) is 42.3 Å². The summed E-state index contributed by atoms with van der Waals surface area (Å²) in [5.41, 5.74) is -0.391. The van der Waals surface area contributed by atoms with Gasteiger partial charge >= 0.3 is 0 Å². The molecule has 2 N–H and O–H groups in total. The number of imidazole rings is 1. The number of ether oxygens (including phenoxy) is 1. The summed E-state index contributed by atoms with van der Waals surface area (Å²) in [5, 5.41) is 5.85. The van der Waals surface area contributed by atoms with Gasteiger partial charge in [-0.15, -0.1) is 0 Å². The van der Waals surface area contributed by atoms with Crippen molar-refractivity contribution >= 4 is 17.7 Å². The van der Waals surface area contributed by atoms with Crippen molar-refractivity contribution in [2.24, 2.45) is 0 Å². The Labute approximate surface area is 193 Å². The van der Waals surface area contributed by atoms with Crippen molar-refractivity contribution in [3.05, 3.63) is 47.5 Å². The van der Waals surface area contributed by atoms with Crippen molar-refractivity contribution in [3.63, 3.8) is 0 Å². The molecule has 0 bridgehead atoms. The topological polar surface area (TPSA) is 106 Å². The zero-order valence-electron chi connectivity index (χ0n) is 19.8. The van der Waals surface area contributed by atoms with E-state index in [0.29, 0.717) is 5.75 Å². The molecule has 1 aliphatic carbocycles. The van der Waals surface area contributed by atoms with Crippen LogP contribution in [0.2, 0.25) is 0 Å². The highest BCUT2D eigenvalue weighted by Gasteiger charge is 2.53. The average molecular weight is 454 g/mol. The van der Waals surface area contributed by atoms with Crippen molar-refractivity contribution in [2.75, 3.05) is 7.11 Å². The monoisotopic (exact) mass is 453 g/mol. The molecule has 1 unspecified atom stereocenters. The molecule has 9 heteroatoms. The Morgan fingerprint density at radius 2 is 1.94 bits per heavy atom. The van der Waals surface area contributed by atoms with Gasteiger partial charge in [-0.25, -0.2) is 4.98 Å². The van der Waals surface area contributed by atoms with Gasteiger partial charge in [0.1, 0.15) is 17.0 Å². The summed E-state index contributed by atoms with van der Waals surface area (Å²) in [4.78, 5) is 45.8. The van der Waals surface area contributed by atoms with Crippen LogP contribution in [0.15, 0.2) is 30.6 Å². The third-order valence-corrected chi connectivity index (χ3v) is 6.01. The van der Waals surface area contributed by atoms with Gasteiger partial charge in [0.05, 0.1) is 20.0 Å². The van der Waals surface area contributed by atoms with Gasteiger partial charge in [-0.3, -0.25) is 14.4 Å². The molecule has 1 saturated carbocycles. The fourth-order valence-electron chi connectivity index (χ4n) is 4.34. The van der Waals surface area contributed by atoms with Crippen LogP contribution in [0.25, 0.3) is 0 Å². The van der Waals surface area contributed by atoms with Crippen LogP contribution in [-0.2, 0) is 17.9 Å². The van der Waals surface area contributed by atoms with E-state index in [0.717, 1.165) is 18.4 Å². The third-order valence-electron chi connectivity index (χ3n) is 6.01. The van der Waals surface area contributed by atoms with Crippen LogP contribution in [0, 0.1) is 0 Å². The number of benzene rings is 1. The Kier molecular flexibility index (Phi) is 5.67. The SMILES string of the molecule is COc1ccccc1CNC(=O)C1(C)Cn2cnc(C(=O)NC(C)(C)C)c2C(=O)N1C1CC1. The minimum Gasteiger partial charge on any atom is -0.496 e. The summed E-state index contributed by atoms with van der Waals surface area (Å²) < 4.78 is 7.00. The maximum atomic E-state index is 13.6. The molecular formula is C24H31N5O4. The fraction of sp³-hybridized carbons (Fsp3) is 0.500. The molecular weight excluding hydrogens is 422 g/mol. The van der Waals surface area contributed by atoms with Crippen LogP contribution in [0.1, 0.15) is 67.1 Å². The maximum Gasteiger partial charge on any atom is 0.274 e. The predicted molar refractivity (Wildman–Crippen MR) is 122 cm³/mol. The van der Waals surface area contributed by atoms with Crippen molar-refractivity contribution in [3.8, 4) is 5.75 Å². The third kappa shape index (κ3) is 4.31. The van der Waals surface area contributed by atoms with Gasteiger partial charge in [0, 0.05) is 23.7 Å². The molecule has 3 amide bonds. The van der Waals surface area contributed by atoms with E-state index in [4.69, 9.17) is 4.74 Å². The first-order valence-corrected chi connectivity index (χ1v) is 11.2. The molecule has 1 aliphatic heterocycles. The lowest BCUT2D eigenvalue weighted by atomic mass is 9.93. The lowest BCUT2D eigenvalue weighted by Crippen LogP contribution is -2.64. The molecule has 0 saturated heterocycles. The number of methoxy groups -OCH3 is 1. The van der Waals surface area contributed by atoms with Crippen LogP contribution < -0.4 is 15.4 Å². The van der Waals surface area contributed by atoms with E-state index in [1.807, 2.05) is 45.0 Å². The normalized spacial score (nSPS) is 20.3. The molecule has 176 valence electrons. The zero-order valence-corrected chi connectivity index (χ0v) is 19.8. The second-order valence-electron chi connectivity index (χ2n) is 9.95. The summed E-state index contributed by atoms with van der Waals surface area (Å²) >= 11 is 0. The Balaban J connectivity index is 1.61. The summed E-state index contributed by atoms with van der Waals surface area (Å²) in [6.45, 7) is 7.89. The molecule has 1 aromatic carbocycles. The standard InChI is InChI=1S/C24H31N5O4/c1-23(2,3)27-20(30)18-19-21(31)29(16-10-11-16)24(4,13-28(19)14-26-18)22(32)25-12-15-8-6-7-9-17(15)33-5/h6-9,14,16H,10-13H2,1-5H3,(H,25,32)(H,27,30). The molecule has 4 rings (SSSR count). The summed E-state index contributed by atoms with van der Waals surface area (Å²) in [7, 11) is 1.59. The summed E-state index contributed by atoms with van der Waals surface area (Å²) in [6, 6.07) is 7.45. The lowest BCUT2D eigenvalue weighted by molar-refractivity contribution is -0.133.